The Morgan fingerprint density at radius 3 is 2.58 bits per heavy atom. The van der Waals surface area contributed by atoms with E-state index in [2.05, 4.69) is 26.2 Å². The number of aromatic nitrogens is 1. The van der Waals surface area contributed by atoms with E-state index >= 15 is 0 Å². The Morgan fingerprint density at radius 2 is 2.05 bits per heavy atom. The van der Waals surface area contributed by atoms with Gasteiger partial charge in [0, 0.05) is 29.3 Å². The molecule has 1 aromatic heterocycles. The number of pyridine rings is 1. The molecule has 3 nitrogen and oxygen atoms in total. The Kier molecular flexibility index (Phi) is 6.06. The van der Waals surface area contributed by atoms with E-state index < -0.39 is 12.7 Å². The molecular formula is C12H17BrF3N3. The van der Waals surface area contributed by atoms with Gasteiger partial charge in [0.25, 0.3) is 0 Å². The summed E-state index contributed by atoms with van der Waals surface area (Å²) in [6, 6.07) is 1.80. The number of nitrogens with one attached hydrogen (secondary N) is 1. The van der Waals surface area contributed by atoms with Crippen molar-refractivity contribution >= 4 is 21.7 Å². The van der Waals surface area contributed by atoms with Crippen LogP contribution in [0.25, 0.3) is 0 Å². The van der Waals surface area contributed by atoms with Crippen LogP contribution in [0, 0.1) is 0 Å². The molecule has 0 aliphatic carbocycles. The molecule has 0 saturated heterocycles. The Hall–Kier alpha value is -0.820. The Labute approximate surface area is 119 Å². The molecule has 7 heteroatoms. The average molecular weight is 340 g/mol. The summed E-state index contributed by atoms with van der Waals surface area (Å²) in [6.45, 7) is 4.14. The summed E-state index contributed by atoms with van der Waals surface area (Å²) in [5.74, 6) is 0.379. The number of halogens is 4. The Balaban J connectivity index is 3.01. The SMILES string of the molecule is CCNCc1cc(Br)cnc1N(CC)CC(F)(F)F. The lowest BCUT2D eigenvalue weighted by Crippen LogP contribution is -2.35. The maximum Gasteiger partial charge on any atom is 0.405 e. The smallest absolute Gasteiger partial charge is 0.348 e. The molecule has 0 radical (unpaired) electrons. The summed E-state index contributed by atoms with van der Waals surface area (Å²) < 4.78 is 38.4. The van der Waals surface area contributed by atoms with Gasteiger partial charge in [0.05, 0.1) is 0 Å². The van der Waals surface area contributed by atoms with Crippen LogP contribution in [0.15, 0.2) is 16.7 Å². The van der Waals surface area contributed by atoms with Crippen LogP contribution in [-0.4, -0.2) is 30.8 Å². The molecule has 0 aliphatic rings. The number of hydrogen-bond acceptors (Lipinski definition) is 3. The van der Waals surface area contributed by atoms with E-state index in [0.29, 0.717) is 12.4 Å². The summed E-state index contributed by atoms with van der Waals surface area (Å²) in [6.07, 6.45) is -2.72. The third-order valence-corrected chi connectivity index (χ3v) is 2.96. The Morgan fingerprint density at radius 1 is 1.37 bits per heavy atom. The van der Waals surface area contributed by atoms with Crippen LogP contribution in [0.1, 0.15) is 19.4 Å². The highest BCUT2D eigenvalue weighted by Crippen LogP contribution is 2.25. The minimum atomic E-state index is -4.24. The fourth-order valence-corrected chi connectivity index (χ4v) is 2.08. The van der Waals surface area contributed by atoms with Gasteiger partial charge in [0.1, 0.15) is 12.4 Å². The van der Waals surface area contributed by atoms with Crippen LogP contribution in [-0.2, 0) is 6.54 Å². The van der Waals surface area contributed by atoms with Gasteiger partial charge in [-0.3, -0.25) is 0 Å². The first kappa shape index (κ1) is 16.2. The predicted octanol–water partition coefficient (Wildman–Crippen LogP) is 3.34. The van der Waals surface area contributed by atoms with Gasteiger partial charge in [-0.15, -0.1) is 0 Å². The van der Waals surface area contributed by atoms with Gasteiger partial charge in [0.2, 0.25) is 0 Å². The second-order valence-corrected chi connectivity index (χ2v) is 4.96. The van der Waals surface area contributed by atoms with Crippen LogP contribution in [0.3, 0.4) is 0 Å². The second-order valence-electron chi connectivity index (χ2n) is 4.05. The fraction of sp³-hybridized carbons (Fsp3) is 0.583. The Bertz CT molecular complexity index is 410. The first-order chi connectivity index (χ1) is 8.87. The molecule has 1 rings (SSSR count). The van der Waals surface area contributed by atoms with Crippen molar-refractivity contribution in [3.8, 4) is 0 Å². The van der Waals surface area contributed by atoms with Crippen LogP contribution >= 0.6 is 15.9 Å². The van der Waals surface area contributed by atoms with E-state index in [9.17, 15) is 13.2 Å². The molecular weight excluding hydrogens is 323 g/mol. The number of nitrogens with zero attached hydrogens (tertiary/aromatic N) is 2. The van der Waals surface area contributed by atoms with Crippen molar-refractivity contribution in [2.45, 2.75) is 26.6 Å². The van der Waals surface area contributed by atoms with Gasteiger partial charge in [-0.05, 0) is 35.5 Å². The summed E-state index contributed by atoms with van der Waals surface area (Å²) in [4.78, 5) is 5.36. The van der Waals surface area contributed by atoms with Crippen molar-refractivity contribution in [2.24, 2.45) is 0 Å². The zero-order valence-corrected chi connectivity index (χ0v) is 12.5. The van der Waals surface area contributed by atoms with Gasteiger partial charge in [-0.1, -0.05) is 6.92 Å². The molecule has 108 valence electrons. The first-order valence-electron chi connectivity index (χ1n) is 6.04. The van der Waals surface area contributed by atoms with E-state index in [1.54, 1.807) is 13.0 Å². The summed E-state index contributed by atoms with van der Waals surface area (Å²) in [5, 5.41) is 3.11. The van der Waals surface area contributed by atoms with Crippen molar-refractivity contribution in [2.75, 3.05) is 24.5 Å². The van der Waals surface area contributed by atoms with Crippen molar-refractivity contribution < 1.29 is 13.2 Å². The molecule has 1 heterocycles. The minimum absolute atomic E-state index is 0.257. The fourth-order valence-electron chi connectivity index (χ4n) is 1.70. The highest BCUT2D eigenvalue weighted by molar-refractivity contribution is 9.10. The van der Waals surface area contributed by atoms with Gasteiger partial charge < -0.3 is 10.2 Å². The van der Waals surface area contributed by atoms with Crippen LogP contribution in [0.2, 0.25) is 0 Å². The van der Waals surface area contributed by atoms with E-state index in [1.165, 1.54) is 11.1 Å². The van der Waals surface area contributed by atoms with Crippen molar-refractivity contribution in [3.05, 3.63) is 22.3 Å². The quantitative estimate of drug-likeness (QED) is 0.861. The van der Waals surface area contributed by atoms with Gasteiger partial charge in [-0.2, -0.15) is 13.2 Å². The summed E-state index contributed by atoms with van der Waals surface area (Å²) in [5.41, 5.74) is 0.752. The molecule has 0 aliphatic heterocycles. The normalized spacial score (nSPS) is 11.7. The monoisotopic (exact) mass is 339 g/mol. The first-order valence-corrected chi connectivity index (χ1v) is 6.83. The van der Waals surface area contributed by atoms with E-state index in [-0.39, 0.29) is 6.54 Å². The molecule has 0 atom stereocenters. The highest BCUT2D eigenvalue weighted by Gasteiger charge is 2.31. The van der Waals surface area contributed by atoms with Crippen molar-refractivity contribution in [1.82, 2.24) is 10.3 Å². The lowest BCUT2D eigenvalue weighted by atomic mass is 10.2. The molecule has 19 heavy (non-hydrogen) atoms. The molecule has 0 fully saturated rings. The van der Waals surface area contributed by atoms with Gasteiger partial charge in [-0.25, -0.2) is 4.98 Å². The summed E-state index contributed by atoms with van der Waals surface area (Å²) >= 11 is 3.29. The third-order valence-electron chi connectivity index (χ3n) is 2.53. The van der Waals surface area contributed by atoms with Crippen molar-refractivity contribution in [1.29, 1.82) is 0 Å². The van der Waals surface area contributed by atoms with Gasteiger partial charge in [0.15, 0.2) is 0 Å². The molecule has 1 aromatic rings. The van der Waals surface area contributed by atoms with E-state index in [4.69, 9.17) is 0 Å². The number of anilines is 1. The molecule has 1 N–H and O–H groups in total. The predicted molar refractivity (Wildman–Crippen MR) is 73.3 cm³/mol. The topological polar surface area (TPSA) is 28.2 Å². The number of alkyl halides is 3. The highest BCUT2D eigenvalue weighted by atomic mass is 79.9. The van der Waals surface area contributed by atoms with Crippen LogP contribution in [0.5, 0.6) is 0 Å². The van der Waals surface area contributed by atoms with E-state index in [0.717, 1.165) is 16.6 Å². The second kappa shape index (κ2) is 7.09. The number of rotatable bonds is 6. The zero-order valence-electron chi connectivity index (χ0n) is 10.9. The lowest BCUT2D eigenvalue weighted by Gasteiger charge is -2.25. The molecule has 0 spiro atoms. The molecule has 0 amide bonds. The molecule has 0 aromatic carbocycles. The lowest BCUT2D eigenvalue weighted by molar-refractivity contribution is -0.119. The van der Waals surface area contributed by atoms with Crippen molar-refractivity contribution in [3.63, 3.8) is 0 Å². The average Bonchev–Trinajstić information content (AvgIpc) is 2.32. The largest absolute Gasteiger partial charge is 0.405 e. The zero-order chi connectivity index (χ0) is 14.5. The number of hydrogen-bond donors (Lipinski definition) is 1. The molecule has 0 unspecified atom stereocenters. The maximum atomic E-state index is 12.5. The minimum Gasteiger partial charge on any atom is -0.348 e. The third kappa shape index (κ3) is 5.36. The van der Waals surface area contributed by atoms with E-state index in [1.807, 2.05) is 6.92 Å². The maximum absolute atomic E-state index is 12.5. The molecule has 0 saturated carbocycles. The standard InChI is InChI=1S/C12H17BrF3N3/c1-3-17-6-9-5-10(13)7-18-11(9)19(4-2)8-12(14,15)16/h5,7,17H,3-4,6,8H2,1-2H3. The van der Waals surface area contributed by atoms with Gasteiger partial charge >= 0.3 is 6.18 Å². The van der Waals surface area contributed by atoms with Crippen LogP contribution < -0.4 is 10.2 Å². The molecule has 0 bridgehead atoms. The summed E-state index contributed by atoms with van der Waals surface area (Å²) in [7, 11) is 0. The van der Waals surface area contributed by atoms with Crippen LogP contribution in [0.4, 0.5) is 19.0 Å².